The van der Waals surface area contributed by atoms with Gasteiger partial charge in [0.2, 0.25) is 11.7 Å². The van der Waals surface area contributed by atoms with Crippen LogP contribution in [0.2, 0.25) is 0 Å². The van der Waals surface area contributed by atoms with Crippen LogP contribution in [0.1, 0.15) is 37.8 Å². The Morgan fingerprint density at radius 3 is 2.17 bits per heavy atom. The summed E-state index contributed by atoms with van der Waals surface area (Å²) in [5.74, 6) is -3.80. The number of fused-ring (bicyclic) bond motifs is 1. The van der Waals surface area contributed by atoms with Gasteiger partial charge < -0.3 is 10.5 Å². The Balaban J connectivity index is 2.03. The van der Waals surface area contributed by atoms with Gasteiger partial charge >= 0.3 is 6.18 Å². The molecule has 2 N–H and O–H groups in total. The zero-order valence-corrected chi connectivity index (χ0v) is 14.6. The van der Waals surface area contributed by atoms with Gasteiger partial charge in [0.25, 0.3) is 0 Å². The summed E-state index contributed by atoms with van der Waals surface area (Å²) in [5.41, 5.74) is 3.80. The molecule has 8 heteroatoms. The average molecular weight is 396 g/mol. The van der Waals surface area contributed by atoms with Crippen molar-refractivity contribution in [2.24, 2.45) is 5.73 Å². The number of nitrogens with two attached hydrogens (primary N) is 1. The van der Waals surface area contributed by atoms with E-state index in [1.807, 2.05) is 0 Å². The lowest BCUT2D eigenvalue weighted by Gasteiger charge is -2.32. The Morgan fingerprint density at radius 1 is 0.966 bits per heavy atom. The summed E-state index contributed by atoms with van der Waals surface area (Å²) in [4.78, 5) is 26.0. The van der Waals surface area contributed by atoms with Crippen LogP contribution in [0.4, 0.5) is 13.2 Å². The molecule has 1 aliphatic carbocycles. The molecule has 0 saturated heterocycles. The number of hydrogen-bond acceptors (Lipinski definition) is 5. The van der Waals surface area contributed by atoms with Gasteiger partial charge in [-0.25, -0.2) is 0 Å². The van der Waals surface area contributed by atoms with Crippen LogP contribution in [-0.2, 0) is 10.9 Å². The van der Waals surface area contributed by atoms with Gasteiger partial charge in [0.1, 0.15) is 11.6 Å². The third kappa shape index (κ3) is 2.70. The zero-order chi connectivity index (χ0) is 20.9. The smallest absolute Gasteiger partial charge is 0.416 e. The summed E-state index contributed by atoms with van der Waals surface area (Å²) in [6.45, 7) is 0. The number of carbonyl (C=O) groups is 2. The number of benzene rings is 2. The number of nitrogens with zero attached hydrogens (tertiary/aromatic N) is 1. The number of rotatable bonds is 1. The molecule has 4 rings (SSSR count). The molecule has 144 valence electrons. The normalized spacial score (nSPS) is 18.8. The number of halogens is 3. The van der Waals surface area contributed by atoms with Crippen LogP contribution in [0, 0.1) is 11.3 Å². The molecule has 0 bridgehead atoms. The van der Waals surface area contributed by atoms with Crippen LogP contribution in [0.5, 0.6) is 0 Å². The molecule has 0 radical (unpaired) electrons. The molecule has 1 heterocycles. The van der Waals surface area contributed by atoms with Crippen molar-refractivity contribution in [2.45, 2.75) is 12.1 Å². The van der Waals surface area contributed by atoms with Gasteiger partial charge in [-0.05, 0) is 11.6 Å². The van der Waals surface area contributed by atoms with Gasteiger partial charge in [-0.15, -0.1) is 0 Å². The van der Waals surface area contributed by atoms with E-state index in [1.54, 1.807) is 12.1 Å². The first-order valence-corrected chi connectivity index (χ1v) is 8.42. The molecule has 0 amide bonds. The first-order valence-electron chi connectivity index (χ1n) is 8.42. The summed E-state index contributed by atoms with van der Waals surface area (Å²) in [7, 11) is 0. The Labute approximate surface area is 162 Å². The minimum Gasteiger partial charge on any atom is -0.436 e. The fraction of sp³-hybridized carbons (Fsp3) is 0.0952. The van der Waals surface area contributed by atoms with Gasteiger partial charge in [-0.2, -0.15) is 18.4 Å². The second kappa shape index (κ2) is 6.34. The zero-order valence-electron chi connectivity index (χ0n) is 14.6. The minimum atomic E-state index is -4.75. The predicted molar refractivity (Wildman–Crippen MR) is 94.2 cm³/mol. The SMILES string of the molecule is N#CC1=C(N)OC2=C(C(=O)c3ccccc3C2=O)C1c1ccccc1C(F)(F)F. The highest BCUT2D eigenvalue weighted by atomic mass is 19.4. The molecule has 1 aliphatic heterocycles. The van der Waals surface area contributed by atoms with Crippen LogP contribution in [-0.4, -0.2) is 11.6 Å². The maximum Gasteiger partial charge on any atom is 0.416 e. The van der Waals surface area contributed by atoms with Crippen LogP contribution in [0.3, 0.4) is 0 Å². The van der Waals surface area contributed by atoms with E-state index in [2.05, 4.69) is 0 Å². The van der Waals surface area contributed by atoms with E-state index in [4.69, 9.17) is 10.5 Å². The van der Waals surface area contributed by atoms with E-state index in [9.17, 15) is 28.0 Å². The van der Waals surface area contributed by atoms with Crippen molar-refractivity contribution in [3.63, 3.8) is 0 Å². The predicted octanol–water partition coefficient (Wildman–Crippen LogP) is 3.85. The summed E-state index contributed by atoms with van der Waals surface area (Å²) in [5, 5.41) is 9.56. The molecule has 2 aromatic carbocycles. The van der Waals surface area contributed by atoms with Crippen molar-refractivity contribution < 1.29 is 27.5 Å². The van der Waals surface area contributed by atoms with E-state index >= 15 is 0 Å². The van der Waals surface area contributed by atoms with Crippen molar-refractivity contribution in [3.05, 3.63) is 93.6 Å². The molecule has 0 spiro atoms. The van der Waals surface area contributed by atoms with Crippen molar-refractivity contribution in [1.29, 1.82) is 5.26 Å². The topological polar surface area (TPSA) is 93.2 Å². The van der Waals surface area contributed by atoms with E-state index in [0.29, 0.717) is 0 Å². The van der Waals surface area contributed by atoms with Gasteiger partial charge in [0, 0.05) is 11.1 Å². The van der Waals surface area contributed by atoms with Crippen LogP contribution in [0.15, 0.2) is 71.3 Å². The number of allylic oxidation sites excluding steroid dienone is 3. The van der Waals surface area contributed by atoms with E-state index in [0.717, 1.165) is 12.1 Å². The van der Waals surface area contributed by atoms with Crippen molar-refractivity contribution in [2.75, 3.05) is 0 Å². The third-order valence-electron chi connectivity index (χ3n) is 4.86. The van der Waals surface area contributed by atoms with Crippen LogP contribution >= 0.6 is 0 Å². The second-order valence-corrected chi connectivity index (χ2v) is 6.46. The van der Waals surface area contributed by atoms with Crippen LogP contribution in [0.25, 0.3) is 0 Å². The molecule has 29 heavy (non-hydrogen) atoms. The van der Waals surface area contributed by atoms with Gasteiger partial charge in [-0.1, -0.05) is 42.5 Å². The number of ketones is 2. The third-order valence-corrected chi connectivity index (χ3v) is 4.86. The monoisotopic (exact) mass is 396 g/mol. The van der Waals surface area contributed by atoms with E-state index in [1.165, 1.54) is 30.3 Å². The molecular weight excluding hydrogens is 385 g/mol. The highest BCUT2D eigenvalue weighted by Crippen LogP contribution is 2.47. The van der Waals surface area contributed by atoms with E-state index < -0.39 is 40.9 Å². The van der Waals surface area contributed by atoms with Gasteiger partial charge in [0.15, 0.2) is 11.5 Å². The van der Waals surface area contributed by atoms with Crippen molar-refractivity contribution in [3.8, 4) is 6.07 Å². The second-order valence-electron chi connectivity index (χ2n) is 6.46. The minimum absolute atomic E-state index is 0.0344. The number of carbonyl (C=O) groups excluding carboxylic acids is 2. The Morgan fingerprint density at radius 2 is 1.55 bits per heavy atom. The fourth-order valence-electron chi connectivity index (χ4n) is 3.62. The molecule has 1 unspecified atom stereocenters. The maximum absolute atomic E-state index is 13.6. The van der Waals surface area contributed by atoms with Gasteiger partial charge in [0.05, 0.1) is 17.1 Å². The number of Topliss-reactive ketones (excluding diaryl/α,β-unsaturated/α-hetero) is 2. The molecule has 0 fully saturated rings. The molecule has 1 atom stereocenters. The van der Waals surface area contributed by atoms with Crippen molar-refractivity contribution in [1.82, 2.24) is 0 Å². The standard InChI is InChI=1S/C21H11F3N2O3/c22-21(23,24)14-8-4-3-7-12(14)15-13(9-25)20(26)29-19-16(15)17(27)10-5-1-2-6-11(10)18(19)28/h1-8,15H,26H2. The summed E-state index contributed by atoms with van der Waals surface area (Å²) < 4.78 is 46.2. The number of nitriles is 1. The summed E-state index contributed by atoms with van der Waals surface area (Å²) in [6.07, 6.45) is -4.75. The highest BCUT2D eigenvalue weighted by Gasteiger charge is 2.46. The molecule has 5 nitrogen and oxygen atoms in total. The lowest BCUT2D eigenvalue weighted by Crippen LogP contribution is -2.33. The Bertz CT molecular complexity index is 1190. The average Bonchev–Trinajstić information content (AvgIpc) is 2.70. The molecule has 0 saturated carbocycles. The number of alkyl halides is 3. The quantitative estimate of drug-likeness (QED) is 0.790. The maximum atomic E-state index is 13.6. The first kappa shape index (κ1) is 18.5. The lowest BCUT2D eigenvalue weighted by atomic mass is 9.74. The number of hydrogen-bond donors (Lipinski definition) is 1. The molecule has 0 aromatic heterocycles. The van der Waals surface area contributed by atoms with Crippen molar-refractivity contribution >= 4 is 11.6 Å². The number of ether oxygens (including phenoxy) is 1. The Kier molecular flexibility index (Phi) is 4.05. The molecule has 2 aromatic rings. The first-order chi connectivity index (χ1) is 13.8. The van der Waals surface area contributed by atoms with Crippen LogP contribution < -0.4 is 5.73 Å². The largest absolute Gasteiger partial charge is 0.436 e. The molecule has 2 aliphatic rings. The van der Waals surface area contributed by atoms with E-state index in [-0.39, 0.29) is 27.8 Å². The highest BCUT2D eigenvalue weighted by molar-refractivity contribution is 6.27. The summed E-state index contributed by atoms with van der Waals surface area (Å²) >= 11 is 0. The molecular formula is C21H11F3N2O3. The van der Waals surface area contributed by atoms with Gasteiger partial charge in [-0.3, -0.25) is 9.59 Å². The lowest BCUT2D eigenvalue weighted by molar-refractivity contribution is -0.138. The summed E-state index contributed by atoms with van der Waals surface area (Å²) in [6, 6.07) is 12.2. The Hall–Kier alpha value is -3.86. The fourth-order valence-corrected chi connectivity index (χ4v) is 3.62.